The van der Waals surface area contributed by atoms with Crippen molar-refractivity contribution in [3.8, 4) is 0 Å². The highest BCUT2D eigenvalue weighted by Gasteiger charge is 2.61. The van der Waals surface area contributed by atoms with E-state index in [-0.39, 0.29) is 11.2 Å². The number of carbonyl (C=O) groups excluding carboxylic acids is 1. The molecule has 2 aliphatic carbocycles. The third-order valence-electron chi connectivity index (χ3n) is 5.57. The Bertz CT molecular complexity index is 604. The first-order chi connectivity index (χ1) is 11.2. The Morgan fingerprint density at radius 1 is 1.17 bits per heavy atom. The highest BCUT2D eigenvalue weighted by molar-refractivity contribution is 5.88. The molecule has 0 amide bonds. The fraction of sp³-hybridized carbons (Fsp3) is 0.765. The quantitative estimate of drug-likeness (QED) is 0.780. The van der Waals surface area contributed by atoms with E-state index in [1.54, 1.807) is 6.92 Å². The van der Waals surface area contributed by atoms with Crippen LogP contribution in [0.1, 0.15) is 67.3 Å². The molecule has 126 valence electrons. The molecule has 2 heterocycles. The van der Waals surface area contributed by atoms with E-state index < -0.39 is 11.8 Å². The lowest BCUT2D eigenvalue weighted by Gasteiger charge is -2.50. The van der Waals surface area contributed by atoms with E-state index in [0.717, 1.165) is 56.2 Å². The molecule has 1 saturated heterocycles. The summed E-state index contributed by atoms with van der Waals surface area (Å²) < 4.78 is 22.8. The topological polar surface area (TPSA) is 70.8 Å². The third kappa shape index (κ3) is 2.08. The van der Waals surface area contributed by atoms with Gasteiger partial charge in [0, 0.05) is 12.0 Å². The molecule has 6 heteroatoms. The van der Waals surface area contributed by atoms with Crippen LogP contribution < -0.4 is 0 Å². The maximum absolute atomic E-state index is 12.1. The molecule has 1 aromatic rings. The van der Waals surface area contributed by atoms with Crippen molar-refractivity contribution in [2.75, 3.05) is 19.8 Å². The van der Waals surface area contributed by atoms with Gasteiger partial charge in [-0.15, -0.1) is 0 Å². The standard InChI is InChI=1S/C17H23NO5/c1-2-20-15(19)13-12-6-5-8-16(14(12)18-23-13)7-3-4-9-17(16)21-10-11-22-17/h2-11H2,1H3/t16-/m0/s1. The molecule has 0 bridgehead atoms. The van der Waals surface area contributed by atoms with Gasteiger partial charge in [0.15, 0.2) is 5.79 Å². The second kappa shape index (κ2) is 5.60. The van der Waals surface area contributed by atoms with Crippen LogP contribution in [0.5, 0.6) is 0 Å². The van der Waals surface area contributed by atoms with Crippen LogP contribution in [-0.4, -0.2) is 36.7 Å². The third-order valence-corrected chi connectivity index (χ3v) is 5.57. The van der Waals surface area contributed by atoms with Gasteiger partial charge < -0.3 is 18.7 Å². The van der Waals surface area contributed by atoms with Crippen LogP contribution in [0, 0.1) is 0 Å². The van der Waals surface area contributed by atoms with E-state index >= 15 is 0 Å². The van der Waals surface area contributed by atoms with Gasteiger partial charge in [-0.3, -0.25) is 0 Å². The first-order valence-electron chi connectivity index (χ1n) is 8.66. The van der Waals surface area contributed by atoms with Crippen molar-refractivity contribution in [1.29, 1.82) is 0 Å². The summed E-state index contributed by atoms with van der Waals surface area (Å²) in [4.78, 5) is 12.1. The first kappa shape index (κ1) is 15.1. The minimum atomic E-state index is -0.594. The van der Waals surface area contributed by atoms with E-state index in [4.69, 9.17) is 18.7 Å². The van der Waals surface area contributed by atoms with Crippen molar-refractivity contribution in [2.24, 2.45) is 0 Å². The van der Waals surface area contributed by atoms with Gasteiger partial charge in [-0.2, -0.15) is 0 Å². The molecule has 1 aliphatic heterocycles. The van der Waals surface area contributed by atoms with Gasteiger partial charge in [0.2, 0.25) is 5.76 Å². The summed E-state index contributed by atoms with van der Waals surface area (Å²) in [6.45, 7) is 3.37. The van der Waals surface area contributed by atoms with Crippen LogP contribution in [0.2, 0.25) is 0 Å². The van der Waals surface area contributed by atoms with Crippen molar-refractivity contribution in [3.63, 3.8) is 0 Å². The number of fused-ring (bicyclic) bond motifs is 3. The zero-order valence-corrected chi connectivity index (χ0v) is 13.6. The Labute approximate surface area is 135 Å². The van der Waals surface area contributed by atoms with E-state index in [2.05, 4.69) is 5.16 Å². The first-order valence-corrected chi connectivity index (χ1v) is 8.66. The van der Waals surface area contributed by atoms with E-state index in [1.165, 1.54) is 0 Å². The minimum absolute atomic E-state index is 0.264. The van der Waals surface area contributed by atoms with E-state index in [1.807, 2.05) is 0 Å². The minimum Gasteiger partial charge on any atom is -0.460 e. The summed E-state index contributed by atoms with van der Waals surface area (Å²) >= 11 is 0. The summed E-state index contributed by atoms with van der Waals surface area (Å²) in [7, 11) is 0. The summed E-state index contributed by atoms with van der Waals surface area (Å²) in [5.74, 6) is -0.750. The smallest absolute Gasteiger partial charge is 0.377 e. The van der Waals surface area contributed by atoms with Gasteiger partial charge >= 0.3 is 5.97 Å². The molecule has 1 saturated carbocycles. The number of hydrogen-bond acceptors (Lipinski definition) is 6. The van der Waals surface area contributed by atoms with Crippen LogP contribution in [-0.2, 0) is 26.0 Å². The molecule has 4 rings (SSSR count). The Morgan fingerprint density at radius 3 is 2.70 bits per heavy atom. The monoisotopic (exact) mass is 321 g/mol. The lowest BCUT2D eigenvalue weighted by molar-refractivity contribution is -0.231. The lowest BCUT2D eigenvalue weighted by atomic mass is 9.61. The Balaban J connectivity index is 1.79. The summed E-state index contributed by atoms with van der Waals surface area (Å²) in [6.07, 6.45) is 6.81. The zero-order valence-electron chi connectivity index (χ0n) is 13.6. The molecule has 0 aromatic carbocycles. The van der Waals surface area contributed by atoms with Crippen molar-refractivity contribution >= 4 is 5.97 Å². The van der Waals surface area contributed by atoms with Gasteiger partial charge in [0.25, 0.3) is 0 Å². The van der Waals surface area contributed by atoms with Crippen molar-refractivity contribution in [3.05, 3.63) is 17.0 Å². The summed E-state index contributed by atoms with van der Waals surface area (Å²) in [5, 5.41) is 4.32. The molecule has 1 aromatic heterocycles. The fourth-order valence-corrected chi connectivity index (χ4v) is 4.66. The maximum atomic E-state index is 12.1. The average Bonchev–Trinajstić information content (AvgIpc) is 3.19. The molecule has 2 fully saturated rings. The van der Waals surface area contributed by atoms with Gasteiger partial charge in [-0.05, 0) is 39.0 Å². The van der Waals surface area contributed by atoms with Crippen molar-refractivity contribution < 1.29 is 23.5 Å². The molecular weight excluding hydrogens is 298 g/mol. The number of aromatic nitrogens is 1. The number of nitrogens with zero attached hydrogens (tertiary/aromatic N) is 1. The predicted molar refractivity (Wildman–Crippen MR) is 80.2 cm³/mol. The Kier molecular flexibility index (Phi) is 3.69. The molecule has 0 radical (unpaired) electrons. The zero-order chi connectivity index (χ0) is 15.9. The SMILES string of the molecule is CCOC(=O)c1onc2c1CCC[C@@]21CCCCC12OCCO2. The van der Waals surface area contributed by atoms with Crippen LogP contribution in [0.15, 0.2) is 4.52 Å². The number of hydrogen-bond donors (Lipinski definition) is 0. The van der Waals surface area contributed by atoms with Gasteiger partial charge in [0.1, 0.15) is 0 Å². The molecule has 6 nitrogen and oxygen atoms in total. The lowest BCUT2D eigenvalue weighted by Crippen LogP contribution is -2.56. The van der Waals surface area contributed by atoms with E-state index in [9.17, 15) is 4.79 Å². The van der Waals surface area contributed by atoms with Gasteiger partial charge in [-0.25, -0.2) is 4.79 Å². The molecule has 3 aliphatic rings. The van der Waals surface area contributed by atoms with Crippen molar-refractivity contribution in [1.82, 2.24) is 5.16 Å². The molecule has 2 spiro atoms. The maximum Gasteiger partial charge on any atom is 0.377 e. The van der Waals surface area contributed by atoms with Crippen molar-refractivity contribution in [2.45, 2.75) is 63.1 Å². The van der Waals surface area contributed by atoms with Crippen LogP contribution in [0.4, 0.5) is 0 Å². The molecular formula is C17H23NO5. The molecule has 1 atom stereocenters. The second-order valence-electron chi connectivity index (χ2n) is 6.65. The second-order valence-corrected chi connectivity index (χ2v) is 6.65. The number of ether oxygens (including phenoxy) is 3. The van der Waals surface area contributed by atoms with Crippen LogP contribution in [0.25, 0.3) is 0 Å². The average molecular weight is 321 g/mol. The normalized spacial score (nSPS) is 28.9. The highest BCUT2D eigenvalue weighted by Crippen LogP contribution is 2.56. The van der Waals surface area contributed by atoms with Crippen LogP contribution >= 0.6 is 0 Å². The summed E-state index contributed by atoms with van der Waals surface area (Å²) in [6, 6.07) is 0. The largest absolute Gasteiger partial charge is 0.460 e. The highest BCUT2D eigenvalue weighted by atomic mass is 16.7. The fourth-order valence-electron chi connectivity index (χ4n) is 4.66. The molecule has 0 unspecified atom stereocenters. The molecule has 23 heavy (non-hydrogen) atoms. The Morgan fingerprint density at radius 2 is 1.91 bits per heavy atom. The molecule has 0 N–H and O–H groups in total. The Hall–Kier alpha value is -1.40. The number of esters is 1. The number of rotatable bonds is 2. The van der Waals surface area contributed by atoms with Gasteiger partial charge in [0.05, 0.1) is 30.9 Å². The number of carbonyl (C=O) groups is 1. The van der Waals surface area contributed by atoms with E-state index in [0.29, 0.717) is 19.8 Å². The predicted octanol–water partition coefficient (Wildman–Crippen LogP) is 2.74. The van der Waals surface area contributed by atoms with Gasteiger partial charge in [-0.1, -0.05) is 11.6 Å². The van der Waals surface area contributed by atoms with Crippen LogP contribution in [0.3, 0.4) is 0 Å². The summed E-state index contributed by atoms with van der Waals surface area (Å²) in [5.41, 5.74) is 1.48.